The lowest BCUT2D eigenvalue weighted by atomic mass is 10.1. The highest BCUT2D eigenvalue weighted by Crippen LogP contribution is 2.42. The fourth-order valence-electron chi connectivity index (χ4n) is 3.65. The number of carbonyl (C=O) groups excluding carboxylic acids is 1. The first-order valence-corrected chi connectivity index (χ1v) is 12.9. The van der Waals surface area contributed by atoms with Crippen molar-refractivity contribution >= 4 is 43.9 Å². The van der Waals surface area contributed by atoms with Gasteiger partial charge in [-0.2, -0.15) is 0 Å². The first kappa shape index (κ1) is 25.5. The molecule has 0 bridgehead atoms. The van der Waals surface area contributed by atoms with E-state index in [0.717, 1.165) is 6.26 Å². The molecule has 0 saturated heterocycles. The second kappa shape index (κ2) is 10.0. The van der Waals surface area contributed by atoms with Crippen LogP contribution in [-0.2, 0) is 9.84 Å². The second-order valence-electron chi connectivity index (χ2n) is 8.02. The third-order valence-corrected chi connectivity index (χ3v) is 6.50. The van der Waals surface area contributed by atoms with E-state index in [4.69, 9.17) is 21.1 Å². The predicted octanol–water partition coefficient (Wildman–Crippen LogP) is 4.14. The molecular formula is C23H28ClN3O6S. The molecule has 1 atom stereocenters. The number of rotatable bonds is 8. The predicted molar refractivity (Wildman–Crippen MR) is 133 cm³/mol. The summed E-state index contributed by atoms with van der Waals surface area (Å²) >= 11 is 6.40. The molecule has 2 N–H and O–H groups in total. The fraction of sp³-hybridized carbons (Fsp3) is 0.348. The molecule has 2 amide bonds. The minimum absolute atomic E-state index is 0.228. The van der Waals surface area contributed by atoms with Crippen molar-refractivity contribution < 1.29 is 27.8 Å². The van der Waals surface area contributed by atoms with Gasteiger partial charge in [0.2, 0.25) is 5.88 Å². The summed E-state index contributed by atoms with van der Waals surface area (Å²) in [5, 5.41) is 15.1. The molecule has 0 fully saturated rings. The lowest BCUT2D eigenvalue weighted by Crippen LogP contribution is -2.27. The normalized spacial score (nSPS) is 12.4. The minimum atomic E-state index is -3.48. The topological polar surface area (TPSA) is 110 Å². The third-order valence-electron chi connectivity index (χ3n) is 5.25. The number of methoxy groups -OCH3 is 1. The summed E-state index contributed by atoms with van der Waals surface area (Å²) in [6.07, 6.45) is 2.71. The zero-order chi connectivity index (χ0) is 25.2. The summed E-state index contributed by atoms with van der Waals surface area (Å²) in [5.41, 5.74) is 0.928. The van der Waals surface area contributed by atoms with E-state index >= 15 is 0 Å². The van der Waals surface area contributed by atoms with Gasteiger partial charge in [0.1, 0.15) is 9.84 Å². The Bertz CT molecular complexity index is 1320. The largest absolute Gasteiger partial charge is 0.494 e. The number of fused-ring (bicyclic) bond motifs is 1. The summed E-state index contributed by atoms with van der Waals surface area (Å²) in [7, 11) is 1.22. The molecule has 1 aromatic heterocycles. The molecule has 1 heterocycles. The van der Waals surface area contributed by atoms with Crippen LogP contribution in [0.15, 0.2) is 36.5 Å². The van der Waals surface area contributed by atoms with Crippen LogP contribution >= 0.6 is 11.6 Å². The molecule has 3 aromatic rings. The molecule has 2 aromatic carbocycles. The van der Waals surface area contributed by atoms with E-state index in [0.29, 0.717) is 45.2 Å². The SMILES string of the molecule is CCOc1cc(C(CS(C)(=O)=O)n2cc3c(Cl)ccc(NC(=O)N(C)C)c3c2O)ccc1OC. The van der Waals surface area contributed by atoms with Gasteiger partial charge in [0, 0.05) is 31.9 Å². The van der Waals surface area contributed by atoms with E-state index in [2.05, 4.69) is 5.32 Å². The Labute approximate surface area is 203 Å². The number of anilines is 1. The Morgan fingerprint density at radius 1 is 1.24 bits per heavy atom. The summed E-state index contributed by atoms with van der Waals surface area (Å²) in [6.45, 7) is 2.22. The van der Waals surface area contributed by atoms with Crippen molar-refractivity contribution in [2.45, 2.75) is 13.0 Å². The van der Waals surface area contributed by atoms with Gasteiger partial charge in [0.05, 0.1) is 41.6 Å². The average Bonchev–Trinajstić information content (AvgIpc) is 3.11. The van der Waals surface area contributed by atoms with Crippen molar-refractivity contribution in [3.63, 3.8) is 0 Å². The monoisotopic (exact) mass is 509 g/mol. The lowest BCUT2D eigenvalue weighted by molar-refractivity contribution is 0.230. The molecule has 11 heteroatoms. The molecule has 34 heavy (non-hydrogen) atoms. The first-order valence-electron chi connectivity index (χ1n) is 10.5. The third kappa shape index (κ3) is 5.34. The van der Waals surface area contributed by atoms with E-state index in [1.807, 2.05) is 6.92 Å². The molecule has 1 unspecified atom stereocenters. The summed E-state index contributed by atoms with van der Waals surface area (Å²) < 4.78 is 37.2. The molecule has 9 nitrogen and oxygen atoms in total. The number of aromatic nitrogens is 1. The van der Waals surface area contributed by atoms with Crippen LogP contribution in [0.5, 0.6) is 17.4 Å². The van der Waals surface area contributed by atoms with Gasteiger partial charge in [-0.05, 0) is 36.8 Å². The number of nitrogens with one attached hydrogen (secondary N) is 1. The van der Waals surface area contributed by atoms with Crippen molar-refractivity contribution in [1.29, 1.82) is 0 Å². The van der Waals surface area contributed by atoms with E-state index in [1.165, 1.54) is 16.6 Å². The smallest absolute Gasteiger partial charge is 0.321 e. The summed E-state index contributed by atoms with van der Waals surface area (Å²) in [4.78, 5) is 13.6. The van der Waals surface area contributed by atoms with Gasteiger partial charge < -0.3 is 29.4 Å². The highest BCUT2D eigenvalue weighted by atomic mass is 35.5. The number of nitrogens with zero attached hydrogens (tertiary/aromatic N) is 2. The van der Waals surface area contributed by atoms with Gasteiger partial charge in [-0.1, -0.05) is 17.7 Å². The van der Waals surface area contributed by atoms with Crippen LogP contribution in [0, 0.1) is 0 Å². The second-order valence-corrected chi connectivity index (χ2v) is 10.6. The molecule has 0 aliphatic heterocycles. The molecule has 184 valence electrons. The van der Waals surface area contributed by atoms with Gasteiger partial charge in [-0.3, -0.25) is 0 Å². The van der Waals surface area contributed by atoms with Crippen molar-refractivity contribution in [2.24, 2.45) is 0 Å². The standard InChI is InChI=1S/C23H28ClN3O6S/c1-6-33-20-11-14(7-10-19(20)32-4)18(13-34(5,30)31)27-12-15-16(24)8-9-17(21(15)22(27)28)25-23(29)26(2)3/h7-12,18,28H,6,13H2,1-5H3,(H,25,29). The van der Waals surface area contributed by atoms with Crippen LogP contribution < -0.4 is 14.8 Å². The molecular weight excluding hydrogens is 482 g/mol. The van der Waals surface area contributed by atoms with Crippen LogP contribution in [0.25, 0.3) is 10.8 Å². The number of sulfone groups is 1. The number of halogens is 1. The number of ether oxygens (including phenoxy) is 2. The molecule has 0 radical (unpaired) electrons. The number of hydrogen-bond acceptors (Lipinski definition) is 6. The maximum Gasteiger partial charge on any atom is 0.321 e. The molecule has 3 rings (SSSR count). The maximum atomic E-state index is 12.4. The Hall–Kier alpha value is -3.11. The fourth-order valence-corrected chi connectivity index (χ4v) is 4.78. The van der Waals surface area contributed by atoms with Crippen LogP contribution in [0.1, 0.15) is 18.5 Å². The summed E-state index contributed by atoms with van der Waals surface area (Å²) in [6, 6.07) is 7.09. The van der Waals surface area contributed by atoms with Gasteiger partial charge in [-0.25, -0.2) is 13.2 Å². The number of hydrogen-bond donors (Lipinski definition) is 2. The van der Waals surface area contributed by atoms with Crippen LogP contribution in [-0.4, -0.2) is 68.8 Å². The lowest BCUT2D eigenvalue weighted by Gasteiger charge is -2.21. The van der Waals surface area contributed by atoms with Crippen molar-refractivity contribution in [3.05, 3.63) is 47.1 Å². The van der Waals surface area contributed by atoms with Crippen molar-refractivity contribution in [1.82, 2.24) is 9.47 Å². The Morgan fingerprint density at radius 3 is 2.53 bits per heavy atom. The van der Waals surface area contributed by atoms with Crippen LogP contribution in [0.3, 0.4) is 0 Å². The minimum Gasteiger partial charge on any atom is -0.494 e. The molecule has 0 saturated carbocycles. The Balaban J connectivity index is 2.23. The number of carbonyl (C=O) groups is 1. The van der Waals surface area contributed by atoms with Crippen molar-refractivity contribution in [3.8, 4) is 17.4 Å². The maximum absolute atomic E-state index is 12.4. The molecule has 0 aliphatic rings. The van der Waals surface area contributed by atoms with Crippen molar-refractivity contribution in [2.75, 3.05) is 45.1 Å². The first-order chi connectivity index (χ1) is 16.0. The van der Waals surface area contributed by atoms with E-state index in [-0.39, 0.29) is 17.7 Å². The van der Waals surface area contributed by atoms with E-state index < -0.39 is 15.9 Å². The Morgan fingerprint density at radius 2 is 1.94 bits per heavy atom. The van der Waals surface area contributed by atoms with Crippen LogP contribution in [0.2, 0.25) is 5.02 Å². The highest BCUT2D eigenvalue weighted by Gasteiger charge is 2.26. The zero-order valence-electron chi connectivity index (χ0n) is 19.6. The quantitative estimate of drug-likeness (QED) is 0.472. The van der Waals surface area contributed by atoms with Gasteiger partial charge in [0.25, 0.3) is 0 Å². The Kier molecular flexibility index (Phi) is 7.52. The van der Waals surface area contributed by atoms with E-state index in [9.17, 15) is 18.3 Å². The number of benzene rings is 2. The van der Waals surface area contributed by atoms with Crippen LogP contribution in [0.4, 0.5) is 10.5 Å². The van der Waals surface area contributed by atoms with Gasteiger partial charge in [-0.15, -0.1) is 0 Å². The molecule has 0 aliphatic carbocycles. The van der Waals surface area contributed by atoms with Gasteiger partial charge >= 0.3 is 6.03 Å². The highest BCUT2D eigenvalue weighted by molar-refractivity contribution is 7.90. The zero-order valence-corrected chi connectivity index (χ0v) is 21.2. The number of amides is 2. The number of urea groups is 1. The summed E-state index contributed by atoms with van der Waals surface area (Å²) in [5.74, 6) is 0.432. The molecule has 0 spiro atoms. The average molecular weight is 510 g/mol. The van der Waals surface area contributed by atoms with E-state index in [1.54, 1.807) is 50.6 Å². The number of aromatic hydroxyl groups is 1. The van der Waals surface area contributed by atoms with Gasteiger partial charge in [0.15, 0.2) is 11.5 Å².